The smallest absolute Gasteiger partial charge is 0.352 e. The minimum Gasteiger partial charge on any atom is -0.477 e. The van der Waals surface area contributed by atoms with Gasteiger partial charge < -0.3 is 21.0 Å². The van der Waals surface area contributed by atoms with Crippen LogP contribution in [-0.4, -0.2) is 82.1 Å². The van der Waals surface area contributed by atoms with E-state index in [0.717, 1.165) is 24.4 Å². The fourth-order valence-electron chi connectivity index (χ4n) is 3.71. The summed E-state index contributed by atoms with van der Waals surface area (Å²) in [5, 5.41) is 23.7. The van der Waals surface area contributed by atoms with E-state index in [0.29, 0.717) is 21.4 Å². The number of carbonyl (C=O) groups excluding carboxylic acids is 2. The van der Waals surface area contributed by atoms with E-state index in [9.17, 15) is 19.5 Å². The van der Waals surface area contributed by atoms with E-state index in [-0.39, 0.29) is 28.5 Å². The van der Waals surface area contributed by atoms with Gasteiger partial charge in [-0.15, -0.1) is 22.0 Å². The Labute approximate surface area is 220 Å². The number of allylic oxidation sites excluding steroid dienone is 1. The molecule has 4 N–H and O–H groups in total. The molecule has 5 rings (SSSR count). The number of carbonyl (C=O) groups is 3. The van der Waals surface area contributed by atoms with Crippen molar-refractivity contribution in [3.8, 4) is 0 Å². The number of aliphatic carboxylic acids is 1. The zero-order valence-electron chi connectivity index (χ0n) is 18.3. The van der Waals surface area contributed by atoms with Gasteiger partial charge in [0.05, 0.1) is 0 Å². The second-order valence-corrected chi connectivity index (χ2v) is 11.6. The number of β-lactam (4-membered cyclic amide) rings is 1. The maximum absolute atomic E-state index is 13.1. The third kappa shape index (κ3) is 4.95. The van der Waals surface area contributed by atoms with Crippen molar-refractivity contribution in [3.05, 3.63) is 34.8 Å². The number of carboxylic acid groups (broad SMARTS) is 1. The van der Waals surface area contributed by atoms with E-state index >= 15 is 0 Å². The molecule has 3 unspecified atom stereocenters. The van der Waals surface area contributed by atoms with Crippen molar-refractivity contribution in [3.63, 3.8) is 0 Å². The van der Waals surface area contributed by atoms with Crippen LogP contribution in [-0.2, 0) is 19.2 Å². The van der Waals surface area contributed by atoms with Crippen molar-refractivity contribution >= 4 is 75.0 Å². The number of amides is 2. The summed E-state index contributed by atoms with van der Waals surface area (Å²) >= 11 is 4.98. The van der Waals surface area contributed by atoms with Crippen LogP contribution in [0, 0.1) is 0 Å². The molecule has 2 aromatic rings. The highest BCUT2D eigenvalue weighted by Gasteiger charge is 2.54. The van der Waals surface area contributed by atoms with Crippen molar-refractivity contribution in [1.29, 1.82) is 0 Å². The van der Waals surface area contributed by atoms with E-state index in [1.165, 1.54) is 39.8 Å². The lowest BCUT2D eigenvalue weighted by atomic mass is 10.0. The molecule has 13 nitrogen and oxygen atoms in total. The summed E-state index contributed by atoms with van der Waals surface area (Å²) in [4.78, 5) is 48.9. The van der Waals surface area contributed by atoms with E-state index in [1.54, 1.807) is 5.51 Å². The molecule has 188 valence electrons. The first kappa shape index (κ1) is 24.7. The van der Waals surface area contributed by atoms with E-state index in [4.69, 9.17) is 10.6 Å². The maximum Gasteiger partial charge on any atom is 0.352 e. The molecule has 0 aromatic carbocycles. The number of carboxylic acids is 1. The molecule has 0 radical (unpaired) electrons. The van der Waals surface area contributed by atoms with Crippen LogP contribution in [0.15, 0.2) is 38.4 Å². The summed E-state index contributed by atoms with van der Waals surface area (Å²) in [6, 6.07) is -0.943. The van der Waals surface area contributed by atoms with E-state index in [2.05, 4.69) is 30.0 Å². The quantitative estimate of drug-likeness (QED) is 0.128. The molecule has 0 spiro atoms. The summed E-state index contributed by atoms with van der Waals surface area (Å²) in [6.45, 7) is 0. The average molecular weight is 567 g/mol. The largest absolute Gasteiger partial charge is 0.477 e. The molecule has 36 heavy (non-hydrogen) atoms. The Morgan fingerprint density at radius 1 is 1.42 bits per heavy atom. The predicted molar refractivity (Wildman–Crippen MR) is 134 cm³/mol. The number of nitrogens with zero attached hydrogens (tertiary/aromatic N) is 6. The normalized spacial score (nSPS) is 23.4. The SMILES string of the molecule is Nc1nc(/C(=N\OC2C=CCC2)C(=O)NC2C(=O)N3C(C(=O)O)=C(CSc4nncs4)CSC23)ns1. The second-order valence-electron chi connectivity index (χ2n) is 7.66. The number of hydrogen-bond acceptors (Lipinski definition) is 14. The molecule has 1 fully saturated rings. The topological polar surface area (TPSA) is 186 Å². The Bertz CT molecular complexity index is 1280. The van der Waals surface area contributed by atoms with Crippen LogP contribution in [0.1, 0.15) is 18.7 Å². The number of rotatable bonds is 9. The van der Waals surface area contributed by atoms with Crippen molar-refractivity contribution < 1.29 is 24.3 Å². The number of thioether (sulfide) groups is 2. The van der Waals surface area contributed by atoms with Gasteiger partial charge in [0, 0.05) is 23.0 Å². The number of fused-ring (bicyclic) bond motifs is 1. The molecular formula is C19H18N8O5S4. The Morgan fingerprint density at radius 3 is 2.94 bits per heavy atom. The minimum atomic E-state index is -1.20. The van der Waals surface area contributed by atoms with Crippen LogP contribution in [0.3, 0.4) is 0 Å². The number of aromatic nitrogens is 4. The highest BCUT2D eigenvalue weighted by atomic mass is 32.2. The number of nitrogen functional groups attached to an aromatic ring is 1. The molecule has 0 saturated carbocycles. The van der Waals surface area contributed by atoms with Gasteiger partial charge in [-0.3, -0.25) is 14.5 Å². The fourth-order valence-corrected chi connectivity index (χ4v) is 7.11. The molecule has 3 atom stereocenters. The zero-order chi connectivity index (χ0) is 25.2. The third-order valence-electron chi connectivity index (χ3n) is 5.36. The van der Waals surface area contributed by atoms with Gasteiger partial charge in [0.1, 0.15) is 28.7 Å². The molecule has 0 bridgehead atoms. The minimum absolute atomic E-state index is 0.0148. The van der Waals surface area contributed by atoms with E-state index in [1.807, 2.05) is 12.2 Å². The Morgan fingerprint density at radius 2 is 2.28 bits per heavy atom. The van der Waals surface area contributed by atoms with Crippen LogP contribution in [0.25, 0.3) is 0 Å². The Hall–Kier alpha value is -3.02. The molecule has 4 heterocycles. The van der Waals surface area contributed by atoms with Gasteiger partial charge in [0.2, 0.25) is 11.5 Å². The van der Waals surface area contributed by atoms with Gasteiger partial charge >= 0.3 is 5.97 Å². The van der Waals surface area contributed by atoms with Crippen molar-refractivity contribution in [1.82, 2.24) is 29.8 Å². The van der Waals surface area contributed by atoms with Crippen LogP contribution in [0.2, 0.25) is 0 Å². The molecule has 2 aliphatic heterocycles. The lowest BCUT2D eigenvalue weighted by Crippen LogP contribution is -2.71. The number of hydrogen-bond donors (Lipinski definition) is 3. The lowest BCUT2D eigenvalue weighted by Gasteiger charge is -2.49. The van der Waals surface area contributed by atoms with Crippen molar-refractivity contribution in [2.24, 2.45) is 5.16 Å². The molecule has 1 aliphatic carbocycles. The van der Waals surface area contributed by atoms with E-state index < -0.39 is 29.2 Å². The van der Waals surface area contributed by atoms with Crippen LogP contribution < -0.4 is 11.1 Å². The average Bonchev–Trinajstić information content (AvgIpc) is 3.64. The monoisotopic (exact) mass is 566 g/mol. The van der Waals surface area contributed by atoms with Crippen LogP contribution >= 0.6 is 46.4 Å². The van der Waals surface area contributed by atoms with Gasteiger partial charge in [-0.05, 0) is 24.5 Å². The summed E-state index contributed by atoms with van der Waals surface area (Å²) in [6.07, 6.45) is 5.08. The first-order valence-corrected chi connectivity index (χ1v) is 14.2. The molecule has 2 aromatic heterocycles. The first-order chi connectivity index (χ1) is 17.4. The molecule has 17 heteroatoms. The number of anilines is 1. The summed E-state index contributed by atoms with van der Waals surface area (Å²) in [7, 11) is 0. The molecule has 2 amide bonds. The van der Waals surface area contributed by atoms with Crippen molar-refractivity contribution in [2.75, 3.05) is 17.2 Å². The maximum atomic E-state index is 13.1. The highest BCUT2D eigenvalue weighted by molar-refractivity contribution is 8.01. The fraction of sp³-hybridized carbons (Fsp3) is 0.368. The number of oxime groups is 1. The van der Waals surface area contributed by atoms with Gasteiger partial charge in [-0.1, -0.05) is 34.3 Å². The highest BCUT2D eigenvalue weighted by Crippen LogP contribution is 2.41. The molecule has 3 aliphatic rings. The van der Waals surface area contributed by atoms with Gasteiger partial charge in [-0.2, -0.15) is 9.36 Å². The third-order valence-corrected chi connectivity index (χ3v) is 9.19. The van der Waals surface area contributed by atoms with Gasteiger partial charge in [0.25, 0.3) is 11.8 Å². The van der Waals surface area contributed by atoms with Crippen molar-refractivity contribution in [2.45, 2.75) is 34.7 Å². The predicted octanol–water partition coefficient (Wildman–Crippen LogP) is 0.942. The lowest BCUT2D eigenvalue weighted by molar-refractivity contribution is -0.150. The van der Waals surface area contributed by atoms with Crippen LogP contribution in [0.4, 0.5) is 5.13 Å². The van der Waals surface area contributed by atoms with Gasteiger partial charge in [-0.25, -0.2) is 4.79 Å². The van der Waals surface area contributed by atoms with Gasteiger partial charge in [0.15, 0.2) is 9.47 Å². The summed E-state index contributed by atoms with van der Waals surface area (Å²) in [5.74, 6) is -1.71. The Balaban J connectivity index is 1.31. The molecule has 1 saturated heterocycles. The molecular weight excluding hydrogens is 549 g/mol. The number of nitrogens with one attached hydrogen (secondary N) is 1. The summed E-state index contributed by atoms with van der Waals surface area (Å²) < 4.78 is 4.75. The number of nitrogens with two attached hydrogens (primary N) is 1. The second kappa shape index (κ2) is 10.5. The Kier molecular flexibility index (Phi) is 7.22. The zero-order valence-corrected chi connectivity index (χ0v) is 21.5. The summed E-state index contributed by atoms with van der Waals surface area (Å²) in [5.41, 5.74) is 7.59. The first-order valence-electron chi connectivity index (χ1n) is 10.5. The van der Waals surface area contributed by atoms with Crippen LogP contribution in [0.5, 0.6) is 0 Å². The standard InChI is InChI=1S/C19H18N8O5S4/c20-18-23-13(26-36-18)10(25-32-9-3-1-2-4-9)14(28)22-11-15(29)27-12(17(30)31)8(5-33-16(11)27)6-34-19-24-21-7-35-19/h1,3,7,9,11,16H,2,4-6H2,(H,22,28)(H,30,31)(H2,20,23,26)/b25-10+.